The first-order valence-electron chi connectivity index (χ1n) is 7.10. The molecule has 0 heterocycles. The minimum atomic E-state index is -4.45. The quantitative estimate of drug-likeness (QED) is 0.490. The number of nitrogens with one attached hydrogen (secondary N) is 1. The normalized spacial score (nSPS) is 11.0. The van der Waals surface area contributed by atoms with Gasteiger partial charge in [0, 0.05) is 17.7 Å². The fraction of sp³-hybridized carbons (Fsp3) is 0.188. The number of benzene rings is 2. The predicted molar refractivity (Wildman–Crippen MR) is 82.4 cm³/mol. The number of hydrogen-bond acceptors (Lipinski definition) is 4. The van der Waals surface area contributed by atoms with E-state index in [1.54, 1.807) is 0 Å². The second kappa shape index (κ2) is 7.65. The van der Waals surface area contributed by atoms with Crippen molar-refractivity contribution in [3.63, 3.8) is 0 Å². The zero-order valence-electron chi connectivity index (χ0n) is 12.7. The average Bonchev–Trinajstić information content (AvgIpc) is 2.58. The molecule has 0 spiro atoms. The number of non-ortho nitro benzene ring substituents is 1. The summed E-state index contributed by atoms with van der Waals surface area (Å²) in [5.74, 6) is -0.429. The van der Waals surface area contributed by atoms with Gasteiger partial charge in [0.05, 0.1) is 17.0 Å². The van der Waals surface area contributed by atoms with Gasteiger partial charge in [-0.05, 0) is 30.3 Å². The topological polar surface area (TPSA) is 81.5 Å². The standard InChI is InChI=1S/C16H13F3N2O4/c17-16(18,19)12-2-1-3-14(10-12)25-9-8-20-15(22)11-4-6-13(7-5-11)21(23)24/h1-7,10H,8-9H2,(H,20,22). The van der Waals surface area contributed by atoms with Crippen LogP contribution in [0.3, 0.4) is 0 Å². The van der Waals surface area contributed by atoms with E-state index in [0.717, 1.165) is 12.1 Å². The first kappa shape index (κ1) is 18.2. The third-order valence-electron chi connectivity index (χ3n) is 3.16. The molecule has 2 aromatic carbocycles. The molecule has 0 fully saturated rings. The van der Waals surface area contributed by atoms with Crippen LogP contribution in [0.15, 0.2) is 48.5 Å². The molecule has 0 saturated heterocycles. The molecule has 1 amide bonds. The summed E-state index contributed by atoms with van der Waals surface area (Å²) >= 11 is 0. The fourth-order valence-electron chi connectivity index (χ4n) is 1.93. The number of nitro benzene ring substituents is 1. The van der Waals surface area contributed by atoms with E-state index in [9.17, 15) is 28.1 Å². The van der Waals surface area contributed by atoms with Gasteiger partial charge in [0.15, 0.2) is 0 Å². The second-order valence-corrected chi connectivity index (χ2v) is 4.93. The molecule has 9 heteroatoms. The molecule has 0 aliphatic carbocycles. The van der Waals surface area contributed by atoms with Gasteiger partial charge in [0.2, 0.25) is 0 Å². The molecule has 6 nitrogen and oxygen atoms in total. The van der Waals surface area contributed by atoms with Crippen molar-refractivity contribution in [1.29, 1.82) is 0 Å². The first-order valence-corrected chi connectivity index (χ1v) is 7.10. The van der Waals surface area contributed by atoms with E-state index in [0.29, 0.717) is 0 Å². The molecule has 25 heavy (non-hydrogen) atoms. The van der Waals surface area contributed by atoms with Gasteiger partial charge in [-0.3, -0.25) is 14.9 Å². The van der Waals surface area contributed by atoms with Gasteiger partial charge in [-0.15, -0.1) is 0 Å². The van der Waals surface area contributed by atoms with Gasteiger partial charge in [0.1, 0.15) is 12.4 Å². The van der Waals surface area contributed by atoms with Crippen LogP contribution in [0.2, 0.25) is 0 Å². The number of halogens is 3. The van der Waals surface area contributed by atoms with E-state index in [1.807, 2.05) is 0 Å². The van der Waals surface area contributed by atoms with Crippen molar-refractivity contribution in [2.75, 3.05) is 13.2 Å². The number of nitro groups is 1. The SMILES string of the molecule is O=C(NCCOc1cccc(C(F)(F)F)c1)c1ccc([N+](=O)[O-])cc1. The van der Waals surface area contributed by atoms with E-state index >= 15 is 0 Å². The minimum absolute atomic E-state index is 0.0277. The largest absolute Gasteiger partial charge is 0.492 e. The van der Waals surface area contributed by atoms with Crippen LogP contribution in [0.4, 0.5) is 18.9 Å². The van der Waals surface area contributed by atoms with Crippen LogP contribution in [0.25, 0.3) is 0 Å². The Bertz CT molecular complexity index is 761. The van der Waals surface area contributed by atoms with Gasteiger partial charge in [-0.25, -0.2) is 0 Å². The molecule has 2 rings (SSSR count). The Balaban J connectivity index is 1.83. The number of nitrogens with zero attached hydrogens (tertiary/aromatic N) is 1. The summed E-state index contributed by atoms with van der Waals surface area (Å²) in [4.78, 5) is 21.8. The minimum Gasteiger partial charge on any atom is -0.492 e. The molecule has 0 saturated carbocycles. The lowest BCUT2D eigenvalue weighted by molar-refractivity contribution is -0.384. The van der Waals surface area contributed by atoms with Crippen molar-refractivity contribution in [1.82, 2.24) is 5.32 Å². The van der Waals surface area contributed by atoms with Crippen molar-refractivity contribution >= 4 is 11.6 Å². The molecule has 132 valence electrons. The Hall–Kier alpha value is -3.10. The monoisotopic (exact) mass is 354 g/mol. The number of ether oxygens (including phenoxy) is 1. The van der Waals surface area contributed by atoms with Crippen LogP contribution >= 0.6 is 0 Å². The second-order valence-electron chi connectivity index (χ2n) is 4.93. The van der Waals surface area contributed by atoms with Crippen LogP contribution in [0, 0.1) is 10.1 Å². The fourth-order valence-corrected chi connectivity index (χ4v) is 1.93. The Labute approximate surface area is 140 Å². The van der Waals surface area contributed by atoms with Crippen molar-refractivity contribution in [2.45, 2.75) is 6.18 Å². The van der Waals surface area contributed by atoms with Crippen LogP contribution in [0.1, 0.15) is 15.9 Å². The highest BCUT2D eigenvalue weighted by Gasteiger charge is 2.30. The number of rotatable bonds is 6. The van der Waals surface area contributed by atoms with E-state index in [4.69, 9.17) is 4.74 Å². The molecule has 0 aliphatic heterocycles. The van der Waals surface area contributed by atoms with E-state index < -0.39 is 22.6 Å². The van der Waals surface area contributed by atoms with Crippen LogP contribution in [0.5, 0.6) is 5.75 Å². The Kier molecular flexibility index (Phi) is 5.58. The molecule has 0 bridgehead atoms. The smallest absolute Gasteiger partial charge is 0.416 e. The van der Waals surface area contributed by atoms with E-state index in [-0.39, 0.29) is 30.2 Å². The molecule has 2 aromatic rings. The lowest BCUT2D eigenvalue weighted by Crippen LogP contribution is -2.28. The zero-order valence-corrected chi connectivity index (χ0v) is 12.7. The summed E-state index contributed by atoms with van der Waals surface area (Å²) in [6.45, 7) is 0.0338. The maximum Gasteiger partial charge on any atom is 0.416 e. The molecule has 0 aromatic heterocycles. The molecular formula is C16H13F3N2O4. The molecular weight excluding hydrogens is 341 g/mol. The third-order valence-corrected chi connectivity index (χ3v) is 3.16. The molecule has 0 atom stereocenters. The lowest BCUT2D eigenvalue weighted by Gasteiger charge is -2.10. The average molecular weight is 354 g/mol. The van der Waals surface area contributed by atoms with Crippen LogP contribution in [-0.2, 0) is 6.18 Å². The van der Waals surface area contributed by atoms with Gasteiger partial charge in [-0.1, -0.05) is 6.07 Å². The molecule has 0 aliphatic rings. The van der Waals surface area contributed by atoms with E-state index in [2.05, 4.69) is 5.32 Å². The maximum atomic E-state index is 12.6. The molecule has 1 N–H and O–H groups in total. The summed E-state index contributed by atoms with van der Waals surface area (Å²) in [6, 6.07) is 9.44. The summed E-state index contributed by atoms with van der Waals surface area (Å²) in [5.41, 5.74) is -0.728. The highest BCUT2D eigenvalue weighted by atomic mass is 19.4. The van der Waals surface area contributed by atoms with Crippen molar-refractivity contribution in [2.24, 2.45) is 0 Å². The summed E-state index contributed by atoms with van der Waals surface area (Å²) in [7, 11) is 0. The Morgan fingerprint density at radius 2 is 1.84 bits per heavy atom. The third kappa shape index (κ3) is 5.20. The number of carbonyl (C=O) groups excluding carboxylic acids is 1. The molecule has 0 unspecified atom stereocenters. The summed E-state index contributed by atoms with van der Waals surface area (Å²) in [5, 5.41) is 13.0. The van der Waals surface area contributed by atoms with Crippen molar-refractivity contribution in [3.05, 3.63) is 69.8 Å². The highest BCUT2D eigenvalue weighted by molar-refractivity contribution is 5.94. The highest BCUT2D eigenvalue weighted by Crippen LogP contribution is 2.31. The van der Waals surface area contributed by atoms with Crippen molar-refractivity contribution < 1.29 is 27.6 Å². The zero-order chi connectivity index (χ0) is 18.4. The van der Waals surface area contributed by atoms with Gasteiger partial charge in [-0.2, -0.15) is 13.2 Å². The Morgan fingerprint density at radius 1 is 1.16 bits per heavy atom. The van der Waals surface area contributed by atoms with Gasteiger partial charge >= 0.3 is 6.18 Å². The van der Waals surface area contributed by atoms with Gasteiger partial charge < -0.3 is 10.1 Å². The summed E-state index contributed by atoms with van der Waals surface area (Å²) in [6.07, 6.45) is -4.45. The summed E-state index contributed by atoms with van der Waals surface area (Å²) < 4.78 is 42.9. The predicted octanol–water partition coefficient (Wildman–Crippen LogP) is 3.42. The van der Waals surface area contributed by atoms with E-state index in [1.165, 1.54) is 36.4 Å². The van der Waals surface area contributed by atoms with Crippen LogP contribution in [-0.4, -0.2) is 24.0 Å². The number of carbonyl (C=O) groups is 1. The number of amides is 1. The molecule has 0 radical (unpaired) electrons. The maximum absolute atomic E-state index is 12.6. The van der Waals surface area contributed by atoms with Crippen molar-refractivity contribution in [3.8, 4) is 5.75 Å². The first-order chi connectivity index (χ1) is 11.8. The number of alkyl halides is 3. The Morgan fingerprint density at radius 3 is 2.44 bits per heavy atom. The number of hydrogen-bond donors (Lipinski definition) is 1. The lowest BCUT2D eigenvalue weighted by atomic mass is 10.2. The van der Waals surface area contributed by atoms with Crippen LogP contribution < -0.4 is 10.1 Å². The van der Waals surface area contributed by atoms with Gasteiger partial charge in [0.25, 0.3) is 11.6 Å².